The minimum absolute atomic E-state index is 0.0935. The van der Waals surface area contributed by atoms with Gasteiger partial charge < -0.3 is 39.8 Å². The molecule has 3 unspecified atom stereocenters. The Morgan fingerprint density at radius 3 is 1.07 bits per heavy atom. The lowest BCUT2D eigenvalue weighted by atomic mass is 10.0. The molecular formula is C37H77O9S12Si3+3. The van der Waals surface area contributed by atoms with Crippen LogP contribution in [0.5, 0.6) is 0 Å². The number of rotatable bonds is 43. The minimum atomic E-state index is -3.14. The van der Waals surface area contributed by atoms with Gasteiger partial charge in [0.2, 0.25) is 0 Å². The molecule has 1 rings (SSSR count). The third-order valence-electron chi connectivity index (χ3n) is 7.15. The quantitative estimate of drug-likeness (QED) is 0.0204. The van der Waals surface area contributed by atoms with Crippen LogP contribution in [-0.2, 0) is 77.9 Å². The van der Waals surface area contributed by atoms with Crippen LogP contribution < -0.4 is 0 Å². The molecule has 0 fully saturated rings. The normalized spacial score (nSPS) is 14.7. The van der Waals surface area contributed by atoms with Crippen LogP contribution >= 0.6 is 94.2 Å². The monoisotopic (exact) mass is 1130 g/mol. The Morgan fingerprint density at radius 1 is 0.426 bits per heavy atom. The summed E-state index contributed by atoms with van der Waals surface area (Å²) < 4.78 is 59.5. The Kier molecular flexibility index (Phi) is 40.5. The molecule has 0 saturated heterocycles. The van der Waals surface area contributed by atoms with Crippen molar-refractivity contribution in [1.82, 2.24) is 0 Å². The molecule has 9 nitrogen and oxygen atoms in total. The van der Waals surface area contributed by atoms with Crippen LogP contribution in [-0.4, -0.2) is 111 Å². The molecule has 1 aromatic carbocycles. The molecule has 0 saturated carbocycles. The molecular weight excluding hydrogens is 1060 g/mol. The van der Waals surface area contributed by atoms with Gasteiger partial charge in [-0.25, -0.2) is 0 Å². The zero-order chi connectivity index (χ0) is 45.2. The highest BCUT2D eigenvalue weighted by atomic mass is 33.8. The second-order valence-corrected chi connectivity index (χ2v) is 54.0. The van der Waals surface area contributed by atoms with E-state index in [1.165, 1.54) is 11.1 Å². The molecule has 0 bridgehead atoms. The molecule has 0 radical (unpaired) electrons. The third-order valence-corrected chi connectivity index (χ3v) is 65.5. The van der Waals surface area contributed by atoms with Crippen LogP contribution in [0, 0.1) is 0 Å². The van der Waals surface area contributed by atoms with E-state index < -0.39 is 40.7 Å². The van der Waals surface area contributed by atoms with Crippen molar-refractivity contribution in [3.05, 3.63) is 35.4 Å². The first-order valence-corrected chi connectivity index (χ1v) is 45.4. The van der Waals surface area contributed by atoms with E-state index in [-0.39, 0.29) is 13.0 Å². The summed E-state index contributed by atoms with van der Waals surface area (Å²) in [4.78, 5) is 0. The van der Waals surface area contributed by atoms with Gasteiger partial charge in [0.25, 0.3) is 0 Å². The summed E-state index contributed by atoms with van der Waals surface area (Å²) in [6.07, 6.45) is 5.07. The van der Waals surface area contributed by atoms with E-state index in [1.807, 2.05) is 115 Å². The SMILES string of the molecule is CCCSS[S+](SCCc1ccccc1CC(S[S+](SSCCC)[Si](OCC)(OCC)OCC)S[S+](SSCCC)[Si](OCC)(OCC)OCC)[Si](OCC)(OCC)OCC. The molecule has 0 aromatic heterocycles. The maximum Gasteiger partial charge on any atom is 0.808 e. The van der Waals surface area contributed by atoms with Gasteiger partial charge in [-0.3, -0.25) is 0 Å². The lowest BCUT2D eigenvalue weighted by Crippen LogP contribution is -2.52. The van der Waals surface area contributed by atoms with Gasteiger partial charge in [0.05, 0.1) is 10.8 Å². The molecule has 3 atom stereocenters. The maximum absolute atomic E-state index is 6.67. The van der Waals surface area contributed by atoms with E-state index in [1.54, 1.807) is 0 Å². The summed E-state index contributed by atoms with van der Waals surface area (Å²) in [6.45, 7) is 30.1. The molecule has 0 amide bonds. The van der Waals surface area contributed by atoms with Crippen LogP contribution in [0.1, 0.15) is 113 Å². The Balaban J connectivity index is 3.88. The number of hydrogen-bond acceptors (Lipinski definition) is 18. The Bertz CT molecular complexity index is 1110. The van der Waals surface area contributed by atoms with Gasteiger partial charge in [-0.05, 0) is 132 Å². The molecule has 0 aliphatic carbocycles. The molecule has 0 spiro atoms. The molecule has 61 heavy (non-hydrogen) atoms. The Morgan fingerprint density at radius 2 is 0.738 bits per heavy atom. The standard InChI is InChI=1S/C37H77O9S12Si3/c1-13-30-47-53-56(59(38-16-4,39-17-5)40-18-6)50-33-29-35-27-25-26-28-36(35)34-37(51-57(54-48-31-14-2)60(41-19-7,42-20-8)43-21-9)52-58(55-49-32-15-3)61(44-22-10,45-23-11)46-24-12/h25-28,37H,13-24,29-34H2,1-12H3/q+3. The summed E-state index contributed by atoms with van der Waals surface area (Å²) in [6, 6.07) is 9.01. The van der Waals surface area contributed by atoms with Crippen molar-refractivity contribution < 1.29 is 39.8 Å². The number of aryl methyl sites for hydroxylation is 1. The summed E-state index contributed by atoms with van der Waals surface area (Å²) in [7, 11) is 6.91. The number of benzene rings is 1. The fraction of sp³-hybridized carbons (Fsp3) is 0.838. The summed E-state index contributed by atoms with van der Waals surface area (Å²) in [5.74, 6) is 4.10. The van der Waals surface area contributed by atoms with Crippen molar-refractivity contribution in [1.29, 1.82) is 0 Å². The smallest absolute Gasteiger partial charge is 0.331 e. The van der Waals surface area contributed by atoms with Crippen molar-refractivity contribution in [2.24, 2.45) is 0 Å². The summed E-state index contributed by atoms with van der Waals surface area (Å²) in [5.41, 5.74) is 2.71. The fourth-order valence-electron chi connectivity index (χ4n) is 4.94. The van der Waals surface area contributed by atoms with Crippen molar-refractivity contribution >= 4 is 143 Å². The molecule has 1 aromatic rings. The van der Waals surface area contributed by atoms with E-state index in [0.717, 1.165) is 55.1 Å². The van der Waals surface area contributed by atoms with E-state index in [0.29, 0.717) is 59.5 Å². The summed E-state index contributed by atoms with van der Waals surface area (Å²) in [5, 5.41) is 0. The van der Waals surface area contributed by atoms with E-state index in [9.17, 15) is 0 Å². The lowest BCUT2D eigenvalue weighted by Gasteiger charge is -2.27. The Hall–Kier alpha value is 3.71. The average Bonchev–Trinajstić information content (AvgIpc) is 3.23. The van der Waals surface area contributed by atoms with Gasteiger partial charge in [0, 0.05) is 88.9 Å². The highest BCUT2D eigenvalue weighted by Gasteiger charge is 2.70. The minimum Gasteiger partial charge on any atom is -0.331 e. The topological polar surface area (TPSA) is 83.1 Å². The molecule has 24 heteroatoms. The first-order chi connectivity index (χ1) is 29.7. The zero-order valence-electron chi connectivity index (χ0n) is 38.7. The molecule has 0 heterocycles. The van der Waals surface area contributed by atoms with E-state index in [2.05, 4.69) is 86.6 Å². The van der Waals surface area contributed by atoms with Crippen molar-refractivity contribution in [2.45, 2.75) is 120 Å². The van der Waals surface area contributed by atoms with Gasteiger partial charge >= 0.3 is 23.9 Å². The van der Waals surface area contributed by atoms with Crippen molar-refractivity contribution in [3.8, 4) is 0 Å². The first kappa shape index (κ1) is 62.7. The average molecular weight is 1140 g/mol. The zero-order valence-corrected chi connectivity index (χ0v) is 51.5. The van der Waals surface area contributed by atoms with Crippen LogP contribution in [0.25, 0.3) is 0 Å². The molecule has 0 N–H and O–H groups in total. The Labute approximate surface area is 416 Å². The predicted octanol–water partition coefficient (Wildman–Crippen LogP) is 13.7. The second kappa shape index (κ2) is 39.4. The van der Waals surface area contributed by atoms with Gasteiger partial charge in [0.15, 0.2) is 59.3 Å². The fourth-order valence-corrected chi connectivity index (χ4v) is 71.2. The largest absolute Gasteiger partial charge is 0.808 e. The van der Waals surface area contributed by atoms with Crippen molar-refractivity contribution in [2.75, 3.05) is 82.5 Å². The highest BCUT2D eigenvalue weighted by Crippen LogP contribution is 2.55. The van der Waals surface area contributed by atoms with E-state index in [4.69, 9.17) is 39.8 Å². The molecule has 0 aliphatic rings. The van der Waals surface area contributed by atoms with Gasteiger partial charge in [-0.2, -0.15) is 0 Å². The maximum atomic E-state index is 6.67. The second-order valence-electron chi connectivity index (χ2n) is 11.9. The highest BCUT2D eigenvalue weighted by molar-refractivity contribution is 9.32. The van der Waals surface area contributed by atoms with Crippen LogP contribution in [0.3, 0.4) is 0 Å². The number of hydrogen-bond donors (Lipinski definition) is 0. The van der Waals surface area contributed by atoms with Gasteiger partial charge in [0.1, 0.15) is 21.6 Å². The van der Waals surface area contributed by atoms with Crippen LogP contribution in [0.15, 0.2) is 24.3 Å². The van der Waals surface area contributed by atoms with Crippen LogP contribution in [0.2, 0.25) is 0 Å². The third kappa shape index (κ3) is 23.5. The lowest BCUT2D eigenvalue weighted by molar-refractivity contribution is 0.0958. The first-order valence-electron chi connectivity index (χ1n) is 21.6. The summed E-state index contributed by atoms with van der Waals surface area (Å²) >= 11 is 0. The van der Waals surface area contributed by atoms with E-state index >= 15 is 0 Å². The van der Waals surface area contributed by atoms with Gasteiger partial charge in [-0.15, -0.1) is 0 Å². The molecule has 360 valence electrons. The van der Waals surface area contributed by atoms with Crippen LogP contribution in [0.4, 0.5) is 0 Å². The predicted molar refractivity (Wildman–Crippen MR) is 300 cm³/mol. The molecule has 0 aliphatic heterocycles. The van der Waals surface area contributed by atoms with Crippen molar-refractivity contribution in [3.63, 3.8) is 0 Å². The van der Waals surface area contributed by atoms with Gasteiger partial charge in [-0.1, -0.05) is 45.0 Å².